The number of fused-ring (bicyclic) bond motifs is 1. The van der Waals surface area contributed by atoms with Gasteiger partial charge in [-0.2, -0.15) is 0 Å². The zero-order chi connectivity index (χ0) is 21.6. The van der Waals surface area contributed by atoms with Gasteiger partial charge in [0.05, 0.1) is 10.6 Å². The number of benzene rings is 1. The van der Waals surface area contributed by atoms with Crippen LogP contribution in [-0.2, 0) is 4.74 Å². The first-order valence-corrected chi connectivity index (χ1v) is 10.3. The van der Waals surface area contributed by atoms with Gasteiger partial charge in [-0.25, -0.2) is 9.59 Å². The number of nitrogens with one attached hydrogen (secondary N) is 1. The smallest absolute Gasteiger partial charge is 0.407 e. The lowest BCUT2D eigenvalue weighted by Gasteiger charge is -2.37. The van der Waals surface area contributed by atoms with E-state index in [0.717, 1.165) is 25.7 Å². The number of aromatic carboxylic acids is 1. The summed E-state index contributed by atoms with van der Waals surface area (Å²) in [5, 5.41) is 12.3. The van der Waals surface area contributed by atoms with Gasteiger partial charge in [0, 0.05) is 18.9 Å². The van der Waals surface area contributed by atoms with Gasteiger partial charge in [0.2, 0.25) is 0 Å². The molecule has 7 nitrogen and oxygen atoms in total. The molecule has 0 saturated heterocycles. The maximum Gasteiger partial charge on any atom is 0.407 e. The Balaban J connectivity index is 1.66. The van der Waals surface area contributed by atoms with Crippen molar-refractivity contribution in [1.29, 1.82) is 0 Å². The molecule has 0 spiro atoms. The lowest BCUT2D eigenvalue weighted by Crippen LogP contribution is -2.48. The molecule has 0 aromatic heterocycles. The van der Waals surface area contributed by atoms with Crippen LogP contribution in [-0.4, -0.2) is 34.6 Å². The highest BCUT2D eigenvalue weighted by atomic mass is 35.5. The predicted octanol–water partition coefficient (Wildman–Crippen LogP) is 5.26. The summed E-state index contributed by atoms with van der Waals surface area (Å²) < 4.78 is 17.3. The highest BCUT2D eigenvalue weighted by molar-refractivity contribution is 6.38. The first kappa shape index (κ1) is 21.8. The fraction of sp³-hybridized carbons (Fsp3) is 0.600. The third-order valence-corrected chi connectivity index (χ3v) is 5.82. The first-order valence-electron chi connectivity index (χ1n) is 9.52. The number of carbonyl (C=O) groups is 2. The van der Waals surface area contributed by atoms with E-state index in [0.29, 0.717) is 0 Å². The summed E-state index contributed by atoms with van der Waals surface area (Å²) in [7, 11) is 0. The van der Waals surface area contributed by atoms with Crippen molar-refractivity contribution in [3.63, 3.8) is 0 Å². The molecule has 2 aliphatic rings. The number of alkyl carbamates (subject to hydrolysis) is 1. The molecule has 1 fully saturated rings. The molecule has 0 radical (unpaired) electrons. The fourth-order valence-electron chi connectivity index (χ4n) is 3.76. The van der Waals surface area contributed by atoms with E-state index in [1.165, 1.54) is 6.07 Å². The molecule has 3 rings (SSSR count). The number of carboxylic acids is 1. The SMILES string of the molecule is CC(C)(C)OC(=O)NC1CCC(C2(C)Oc3c(Cl)cc(C(=O)O)c(Cl)c3O2)CC1. The average molecular weight is 446 g/mol. The van der Waals surface area contributed by atoms with Crippen LogP contribution in [0.4, 0.5) is 4.79 Å². The molecule has 1 aromatic carbocycles. The molecular weight excluding hydrogens is 421 g/mol. The first-order chi connectivity index (χ1) is 13.4. The minimum atomic E-state index is -1.19. The lowest BCUT2D eigenvalue weighted by atomic mass is 9.81. The van der Waals surface area contributed by atoms with Gasteiger partial charge in [-0.1, -0.05) is 23.2 Å². The van der Waals surface area contributed by atoms with Crippen LogP contribution in [0, 0.1) is 5.92 Å². The topological polar surface area (TPSA) is 94.1 Å². The average Bonchev–Trinajstić information content (AvgIpc) is 2.96. The van der Waals surface area contributed by atoms with Gasteiger partial charge in [-0.15, -0.1) is 0 Å². The summed E-state index contributed by atoms with van der Waals surface area (Å²) in [6.07, 6.45) is 2.54. The van der Waals surface area contributed by atoms with Crippen LogP contribution in [0.1, 0.15) is 63.7 Å². The molecule has 1 saturated carbocycles. The number of carbonyl (C=O) groups excluding carboxylic acids is 1. The third-order valence-electron chi connectivity index (χ3n) is 5.16. The highest BCUT2D eigenvalue weighted by Gasteiger charge is 2.48. The van der Waals surface area contributed by atoms with Crippen molar-refractivity contribution in [1.82, 2.24) is 5.32 Å². The molecular formula is C20H25Cl2NO6. The predicted molar refractivity (Wildman–Crippen MR) is 108 cm³/mol. The number of amides is 1. The van der Waals surface area contributed by atoms with E-state index in [-0.39, 0.29) is 39.1 Å². The molecule has 1 aliphatic carbocycles. The van der Waals surface area contributed by atoms with Crippen molar-refractivity contribution in [3.8, 4) is 11.5 Å². The Morgan fingerprint density at radius 2 is 1.76 bits per heavy atom. The Morgan fingerprint density at radius 3 is 2.31 bits per heavy atom. The Hall–Kier alpha value is -1.86. The van der Waals surface area contributed by atoms with Crippen molar-refractivity contribution in [2.45, 2.75) is 70.8 Å². The van der Waals surface area contributed by atoms with E-state index >= 15 is 0 Å². The minimum absolute atomic E-state index is 0.0132. The van der Waals surface area contributed by atoms with Crippen LogP contribution < -0.4 is 14.8 Å². The second-order valence-corrected chi connectivity index (χ2v) is 9.38. The summed E-state index contributed by atoms with van der Waals surface area (Å²) in [4.78, 5) is 23.3. The fourth-order valence-corrected chi connectivity index (χ4v) is 4.25. The summed E-state index contributed by atoms with van der Waals surface area (Å²) in [5.41, 5.74) is -0.673. The van der Waals surface area contributed by atoms with Crippen LogP contribution in [0.3, 0.4) is 0 Å². The summed E-state index contributed by atoms with van der Waals surface area (Å²) in [6.45, 7) is 7.26. The number of hydrogen-bond acceptors (Lipinski definition) is 5. The molecule has 29 heavy (non-hydrogen) atoms. The Kier molecular flexibility index (Phi) is 5.84. The van der Waals surface area contributed by atoms with Crippen molar-refractivity contribution >= 4 is 35.3 Å². The quantitative estimate of drug-likeness (QED) is 0.658. The van der Waals surface area contributed by atoms with E-state index < -0.39 is 23.5 Å². The number of rotatable bonds is 3. The van der Waals surface area contributed by atoms with Gasteiger partial charge in [0.1, 0.15) is 10.6 Å². The maximum atomic E-state index is 12.0. The molecule has 1 aliphatic heterocycles. The molecule has 1 aromatic rings. The van der Waals surface area contributed by atoms with Gasteiger partial charge >= 0.3 is 12.1 Å². The summed E-state index contributed by atoms with van der Waals surface area (Å²) in [5.74, 6) is -1.76. The van der Waals surface area contributed by atoms with E-state index in [4.69, 9.17) is 37.4 Å². The monoisotopic (exact) mass is 445 g/mol. The zero-order valence-corrected chi connectivity index (χ0v) is 18.3. The van der Waals surface area contributed by atoms with Crippen molar-refractivity contribution < 1.29 is 28.9 Å². The molecule has 1 unspecified atom stereocenters. The van der Waals surface area contributed by atoms with Gasteiger partial charge in [-0.3, -0.25) is 0 Å². The molecule has 0 bridgehead atoms. The number of halogens is 2. The summed E-state index contributed by atoms with van der Waals surface area (Å²) >= 11 is 12.4. The Morgan fingerprint density at radius 1 is 1.17 bits per heavy atom. The van der Waals surface area contributed by atoms with Gasteiger partial charge < -0.3 is 24.6 Å². The van der Waals surface area contributed by atoms with Crippen molar-refractivity contribution in [2.24, 2.45) is 5.92 Å². The van der Waals surface area contributed by atoms with Gasteiger partial charge in [-0.05, 0) is 52.5 Å². The molecule has 160 valence electrons. The Bertz CT molecular complexity index is 829. The zero-order valence-electron chi connectivity index (χ0n) is 16.8. The highest BCUT2D eigenvalue weighted by Crippen LogP contribution is 2.53. The van der Waals surface area contributed by atoms with Crippen LogP contribution >= 0.6 is 23.2 Å². The Labute approximate surface area is 179 Å². The molecule has 1 heterocycles. The number of carboxylic acid groups (broad SMARTS) is 1. The van der Waals surface area contributed by atoms with E-state index in [1.54, 1.807) is 6.92 Å². The molecule has 9 heteroatoms. The van der Waals surface area contributed by atoms with E-state index in [9.17, 15) is 14.7 Å². The van der Waals surface area contributed by atoms with Crippen LogP contribution in [0.5, 0.6) is 11.5 Å². The van der Waals surface area contributed by atoms with Gasteiger partial charge in [0.15, 0.2) is 11.5 Å². The largest absolute Gasteiger partial charge is 0.478 e. The molecule has 1 amide bonds. The van der Waals surface area contributed by atoms with E-state index in [2.05, 4.69) is 5.32 Å². The van der Waals surface area contributed by atoms with Crippen molar-refractivity contribution in [3.05, 3.63) is 21.7 Å². The standard InChI is InChI=1S/C20H25Cl2NO6/c1-19(2,3)29-18(26)23-11-7-5-10(6-8-11)20(4)27-15-13(21)9-12(17(24)25)14(22)16(15)28-20/h9-11H,5-8H2,1-4H3,(H,23,26)(H,24,25). The normalized spacial score (nSPS) is 26.1. The second kappa shape index (κ2) is 7.76. The van der Waals surface area contributed by atoms with Crippen molar-refractivity contribution in [2.75, 3.05) is 0 Å². The summed E-state index contributed by atoms with van der Waals surface area (Å²) in [6, 6.07) is 1.28. The lowest BCUT2D eigenvalue weighted by molar-refractivity contribution is -0.121. The molecule has 2 N–H and O–H groups in total. The minimum Gasteiger partial charge on any atom is -0.478 e. The third kappa shape index (κ3) is 4.67. The maximum absolute atomic E-state index is 12.0. The molecule has 1 atom stereocenters. The van der Waals surface area contributed by atoms with Crippen LogP contribution in [0.2, 0.25) is 10.0 Å². The second-order valence-electron chi connectivity index (χ2n) is 8.60. The van der Waals surface area contributed by atoms with Crippen LogP contribution in [0.25, 0.3) is 0 Å². The van der Waals surface area contributed by atoms with E-state index in [1.807, 2.05) is 20.8 Å². The van der Waals surface area contributed by atoms with Gasteiger partial charge in [0.25, 0.3) is 5.79 Å². The number of hydrogen-bond donors (Lipinski definition) is 2. The van der Waals surface area contributed by atoms with Crippen LogP contribution in [0.15, 0.2) is 6.07 Å². The number of ether oxygens (including phenoxy) is 3.